The summed E-state index contributed by atoms with van der Waals surface area (Å²) >= 11 is 0. The van der Waals surface area contributed by atoms with Crippen LogP contribution >= 0.6 is 0 Å². The summed E-state index contributed by atoms with van der Waals surface area (Å²) in [6.07, 6.45) is 2.29. The van der Waals surface area contributed by atoms with Gasteiger partial charge in [-0.1, -0.05) is 40.0 Å². The topological polar surface area (TPSA) is 69.2 Å². The summed E-state index contributed by atoms with van der Waals surface area (Å²) in [5, 5.41) is 27.9. The van der Waals surface area contributed by atoms with Crippen LogP contribution in [0.3, 0.4) is 0 Å². The van der Waals surface area contributed by atoms with Crippen LogP contribution in [0.15, 0.2) is 0 Å². The fraction of sp³-hybridized carbons (Fsp3) is 1.00. The monoisotopic (exact) mass is 233 g/mol. The first-order chi connectivity index (χ1) is 5.74. The van der Waals surface area contributed by atoms with Crippen LogP contribution in [0.4, 0.5) is 0 Å². The molecule has 0 aromatic heterocycles. The van der Waals surface area contributed by atoms with E-state index in [0.29, 0.717) is 0 Å². The molecule has 4 heteroatoms. The van der Waals surface area contributed by atoms with E-state index in [9.17, 15) is 15.3 Å². The molecule has 0 amide bonds. The summed E-state index contributed by atoms with van der Waals surface area (Å²) in [5.74, 6) is 0. The Morgan fingerprint density at radius 3 is 0.692 bits per heavy atom. The molecule has 0 saturated heterocycles. The smallest absolute Gasteiger partial charge is 0.854 e. The van der Waals surface area contributed by atoms with Crippen LogP contribution in [0.5, 0.6) is 0 Å². The van der Waals surface area contributed by atoms with Crippen molar-refractivity contribution >= 4 is 0 Å². The molecule has 0 aliphatic heterocycles. The molecule has 0 heterocycles. The molecule has 0 unspecified atom stereocenters. The first kappa shape index (κ1) is 23.3. The Balaban J connectivity index is -0.0000000450. The minimum atomic E-state index is 0. The van der Waals surface area contributed by atoms with Gasteiger partial charge in [0.25, 0.3) is 0 Å². The molecule has 0 atom stereocenters. The van der Waals surface area contributed by atoms with Gasteiger partial charge in [0, 0.05) is 0 Å². The van der Waals surface area contributed by atoms with E-state index in [1.807, 2.05) is 20.8 Å². The van der Waals surface area contributed by atoms with Crippen molar-refractivity contribution in [3.05, 3.63) is 0 Å². The largest absolute Gasteiger partial charge is 3.00 e. The van der Waals surface area contributed by atoms with Crippen molar-refractivity contribution in [1.82, 2.24) is 0 Å². The summed E-state index contributed by atoms with van der Waals surface area (Å²) < 4.78 is 0. The maximum atomic E-state index is 9.30. The van der Waals surface area contributed by atoms with Gasteiger partial charge in [0.1, 0.15) is 0 Å². The second kappa shape index (κ2) is 39.3. The van der Waals surface area contributed by atoms with Crippen LogP contribution in [-0.4, -0.2) is 19.8 Å². The molecule has 13 heavy (non-hydrogen) atoms. The van der Waals surface area contributed by atoms with Crippen molar-refractivity contribution in [2.45, 2.75) is 40.0 Å². The van der Waals surface area contributed by atoms with Crippen molar-refractivity contribution < 1.29 is 32.4 Å². The van der Waals surface area contributed by atoms with Gasteiger partial charge in [-0.15, -0.1) is 19.8 Å². The fourth-order valence-electron chi connectivity index (χ4n) is 0. The van der Waals surface area contributed by atoms with E-state index in [4.69, 9.17) is 0 Å². The Labute approximate surface area is 92.6 Å². The Kier molecular flexibility index (Phi) is 70.6. The van der Waals surface area contributed by atoms with Gasteiger partial charge in [-0.3, -0.25) is 0 Å². The fourth-order valence-corrected chi connectivity index (χ4v) is 0. The Bertz CT molecular complexity index is 30.3. The maximum absolute atomic E-state index is 9.30. The molecular formula is C9H21FeO3. The molecule has 0 bridgehead atoms. The summed E-state index contributed by atoms with van der Waals surface area (Å²) in [5.41, 5.74) is 0. The van der Waals surface area contributed by atoms with Crippen molar-refractivity contribution in [1.29, 1.82) is 0 Å². The Morgan fingerprint density at radius 2 is 0.692 bits per heavy atom. The SMILES string of the molecule is CCC[O-].CCC[O-].CCC[O-].[Fe+3]. The van der Waals surface area contributed by atoms with E-state index in [2.05, 4.69) is 0 Å². The zero-order valence-corrected chi connectivity index (χ0v) is 9.93. The van der Waals surface area contributed by atoms with E-state index < -0.39 is 0 Å². The summed E-state index contributed by atoms with van der Waals surface area (Å²) in [6.45, 7) is 5.81. The first-order valence-corrected chi connectivity index (χ1v) is 4.49. The molecule has 0 rings (SSSR count). The summed E-state index contributed by atoms with van der Waals surface area (Å²) in [6, 6.07) is 0. The van der Waals surface area contributed by atoms with Crippen molar-refractivity contribution in [2.24, 2.45) is 0 Å². The van der Waals surface area contributed by atoms with E-state index in [1.54, 1.807) is 0 Å². The molecule has 0 aliphatic carbocycles. The zero-order chi connectivity index (χ0) is 10.2. The van der Waals surface area contributed by atoms with Gasteiger partial charge in [-0.2, -0.15) is 0 Å². The van der Waals surface area contributed by atoms with Crippen LogP contribution in [0.1, 0.15) is 40.0 Å². The van der Waals surface area contributed by atoms with Gasteiger partial charge in [0.2, 0.25) is 0 Å². The van der Waals surface area contributed by atoms with Gasteiger partial charge < -0.3 is 15.3 Å². The van der Waals surface area contributed by atoms with Gasteiger partial charge in [0.15, 0.2) is 0 Å². The van der Waals surface area contributed by atoms with Crippen LogP contribution in [0, 0.1) is 0 Å². The molecule has 0 aliphatic rings. The second-order valence-electron chi connectivity index (χ2n) is 2.11. The van der Waals surface area contributed by atoms with E-state index in [-0.39, 0.29) is 36.9 Å². The van der Waals surface area contributed by atoms with E-state index >= 15 is 0 Å². The molecule has 0 fully saturated rings. The molecule has 0 aromatic carbocycles. The summed E-state index contributed by atoms with van der Waals surface area (Å²) in [4.78, 5) is 0. The predicted molar refractivity (Wildman–Crippen MR) is 45.5 cm³/mol. The Morgan fingerprint density at radius 1 is 0.615 bits per heavy atom. The minimum Gasteiger partial charge on any atom is -0.854 e. The summed E-state index contributed by atoms with van der Waals surface area (Å²) in [7, 11) is 0. The van der Waals surface area contributed by atoms with Crippen LogP contribution < -0.4 is 15.3 Å². The molecule has 0 N–H and O–H groups in total. The number of hydrogen-bond acceptors (Lipinski definition) is 3. The van der Waals surface area contributed by atoms with Gasteiger partial charge >= 0.3 is 17.1 Å². The molecule has 0 saturated carbocycles. The van der Waals surface area contributed by atoms with Gasteiger partial charge in [-0.05, 0) is 0 Å². The maximum Gasteiger partial charge on any atom is 3.00 e. The van der Waals surface area contributed by atoms with E-state index in [0.717, 1.165) is 19.3 Å². The number of rotatable bonds is 3. The van der Waals surface area contributed by atoms with Gasteiger partial charge in [0.05, 0.1) is 0 Å². The second-order valence-corrected chi connectivity index (χ2v) is 2.11. The molecule has 0 spiro atoms. The quantitative estimate of drug-likeness (QED) is 0.603. The molecule has 1 radical (unpaired) electrons. The third kappa shape index (κ3) is 116. The first-order valence-electron chi connectivity index (χ1n) is 4.49. The Hall–Kier alpha value is 0.399. The zero-order valence-electron chi connectivity index (χ0n) is 8.82. The van der Waals surface area contributed by atoms with Crippen LogP contribution in [-0.2, 0) is 17.1 Å². The average molecular weight is 233 g/mol. The molecule has 0 aromatic rings. The van der Waals surface area contributed by atoms with Crippen molar-refractivity contribution in [3.63, 3.8) is 0 Å². The van der Waals surface area contributed by atoms with Crippen molar-refractivity contribution in [3.8, 4) is 0 Å². The van der Waals surface area contributed by atoms with Crippen LogP contribution in [0.25, 0.3) is 0 Å². The predicted octanol–water partition coefficient (Wildman–Crippen LogP) is -0.732. The average Bonchev–Trinajstić information content (AvgIpc) is 2.18. The minimum absolute atomic E-state index is 0. The third-order valence-electron chi connectivity index (χ3n) is 0.612. The molecule has 3 nitrogen and oxygen atoms in total. The molecule has 83 valence electrons. The van der Waals surface area contributed by atoms with Crippen LogP contribution in [0.2, 0.25) is 0 Å². The third-order valence-corrected chi connectivity index (χ3v) is 0.612. The van der Waals surface area contributed by atoms with E-state index in [1.165, 1.54) is 0 Å². The standard InChI is InChI=1S/3C3H7O.Fe/c3*1-2-3-4;/h3*2-3H2,1H3;/q3*-1;+3. The van der Waals surface area contributed by atoms with Crippen molar-refractivity contribution in [2.75, 3.05) is 19.8 Å². The normalized spacial score (nSPS) is 6.92. The number of hydrogen-bond donors (Lipinski definition) is 0. The van der Waals surface area contributed by atoms with Gasteiger partial charge in [-0.25, -0.2) is 0 Å². The molecular weight excluding hydrogens is 212 g/mol.